The molecule has 0 aromatic carbocycles. The molecule has 1 saturated carbocycles. The maximum absolute atomic E-state index is 11.4. The highest BCUT2D eigenvalue weighted by molar-refractivity contribution is 7.98. The Balaban J connectivity index is 2.32. The second-order valence-electron chi connectivity index (χ2n) is 3.89. The molecular formula is C10H17NO3S. The van der Waals surface area contributed by atoms with E-state index in [9.17, 15) is 9.59 Å². The quantitative estimate of drug-likeness (QED) is 0.675. The van der Waals surface area contributed by atoms with Crippen LogP contribution in [0.1, 0.15) is 32.1 Å². The Morgan fingerprint density at radius 1 is 1.47 bits per heavy atom. The molecule has 1 aliphatic carbocycles. The van der Waals surface area contributed by atoms with Crippen LogP contribution in [-0.4, -0.2) is 34.5 Å². The number of carboxylic acid groups (broad SMARTS) is 1. The Labute approximate surface area is 93.8 Å². The summed E-state index contributed by atoms with van der Waals surface area (Å²) in [5.74, 6) is -0.0915. The van der Waals surface area contributed by atoms with E-state index in [1.54, 1.807) is 11.8 Å². The maximum Gasteiger partial charge on any atom is 0.329 e. The van der Waals surface area contributed by atoms with Crippen molar-refractivity contribution >= 4 is 23.6 Å². The smallest absolute Gasteiger partial charge is 0.329 e. The number of carbonyl (C=O) groups is 2. The fraction of sp³-hybridized carbons (Fsp3) is 0.800. The summed E-state index contributed by atoms with van der Waals surface area (Å²) >= 11 is 1.69. The Hall–Kier alpha value is -0.710. The van der Waals surface area contributed by atoms with Gasteiger partial charge in [-0.15, -0.1) is 0 Å². The Morgan fingerprint density at radius 3 is 2.53 bits per heavy atom. The van der Waals surface area contributed by atoms with Crippen LogP contribution in [0, 0.1) is 0 Å². The van der Waals surface area contributed by atoms with Gasteiger partial charge in [-0.3, -0.25) is 4.79 Å². The number of amides is 1. The van der Waals surface area contributed by atoms with Crippen LogP contribution < -0.4 is 5.32 Å². The molecular weight excluding hydrogens is 214 g/mol. The molecule has 0 aliphatic heterocycles. The highest BCUT2D eigenvalue weighted by atomic mass is 32.2. The third-order valence-corrected chi connectivity index (χ3v) is 3.44. The number of hydrogen-bond donors (Lipinski definition) is 2. The summed E-state index contributed by atoms with van der Waals surface area (Å²) in [4.78, 5) is 22.4. The van der Waals surface area contributed by atoms with Crippen molar-refractivity contribution in [2.24, 2.45) is 0 Å². The van der Waals surface area contributed by atoms with E-state index in [0.717, 1.165) is 18.6 Å². The number of rotatable bonds is 6. The Morgan fingerprint density at radius 2 is 2.13 bits per heavy atom. The van der Waals surface area contributed by atoms with Gasteiger partial charge in [-0.05, 0) is 37.7 Å². The van der Waals surface area contributed by atoms with Gasteiger partial charge in [-0.25, -0.2) is 4.79 Å². The molecule has 1 amide bonds. The van der Waals surface area contributed by atoms with E-state index in [1.807, 2.05) is 6.26 Å². The van der Waals surface area contributed by atoms with Crippen LogP contribution in [0.15, 0.2) is 0 Å². The minimum absolute atomic E-state index is 0.133. The monoisotopic (exact) mass is 231 g/mol. The predicted molar refractivity (Wildman–Crippen MR) is 60.0 cm³/mol. The van der Waals surface area contributed by atoms with Crippen molar-refractivity contribution in [3.05, 3.63) is 0 Å². The maximum atomic E-state index is 11.4. The first kappa shape index (κ1) is 12.4. The average molecular weight is 231 g/mol. The molecule has 0 atom stereocenters. The molecule has 5 heteroatoms. The fourth-order valence-corrected chi connectivity index (χ4v) is 2.06. The molecule has 2 N–H and O–H groups in total. The van der Waals surface area contributed by atoms with E-state index in [2.05, 4.69) is 5.32 Å². The zero-order valence-electron chi connectivity index (χ0n) is 8.91. The van der Waals surface area contributed by atoms with E-state index in [-0.39, 0.29) is 5.91 Å². The van der Waals surface area contributed by atoms with Gasteiger partial charge in [0.15, 0.2) is 0 Å². The first-order valence-electron chi connectivity index (χ1n) is 5.14. The number of hydrogen-bond acceptors (Lipinski definition) is 3. The molecule has 4 nitrogen and oxygen atoms in total. The van der Waals surface area contributed by atoms with Gasteiger partial charge in [-0.1, -0.05) is 0 Å². The third kappa shape index (κ3) is 3.12. The fourth-order valence-electron chi connectivity index (χ4n) is 1.63. The summed E-state index contributed by atoms with van der Waals surface area (Å²) in [6, 6.07) is 0. The summed E-state index contributed by atoms with van der Waals surface area (Å²) < 4.78 is 0. The van der Waals surface area contributed by atoms with Crippen molar-refractivity contribution in [1.82, 2.24) is 5.32 Å². The van der Waals surface area contributed by atoms with Gasteiger partial charge in [-0.2, -0.15) is 11.8 Å². The Kier molecular flexibility index (Phi) is 4.45. The van der Waals surface area contributed by atoms with E-state index in [1.165, 1.54) is 0 Å². The zero-order chi connectivity index (χ0) is 11.3. The summed E-state index contributed by atoms with van der Waals surface area (Å²) in [6.45, 7) is 0. The van der Waals surface area contributed by atoms with Crippen molar-refractivity contribution in [1.29, 1.82) is 0 Å². The van der Waals surface area contributed by atoms with Gasteiger partial charge < -0.3 is 10.4 Å². The minimum atomic E-state index is -0.948. The molecule has 0 unspecified atom stereocenters. The largest absolute Gasteiger partial charge is 0.480 e. The van der Waals surface area contributed by atoms with E-state index in [0.29, 0.717) is 19.3 Å². The van der Waals surface area contributed by atoms with Crippen molar-refractivity contribution in [3.8, 4) is 0 Å². The molecule has 1 fully saturated rings. The first-order valence-corrected chi connectivity index (χ1v) is 6.53. The molecule has 1 aliphatic rings. The van der Waals surface area contributed by atoms with Gasteiger partial charge in [0.2, 0.25) is 5.91 Å². The van der Waals surface area contributed by atoms with E-state index in [4.69, 9.17) is 5.11 Å². The highest BCUT2D eigenvalue weighted by Gasteiger charge is 2.45. The average Bonchev–Trinajstić information content (AvgIpc) is 2.11. The van der Waals surface area contributed by atoms with Crippen LogP contribution in [0.25, 0.3) is 0 Å². The number of nitrogens with one attached hydrogen (secondary N) is 1. The molecule has 0 aromatic heterocycles. The summed E-state index contributed by atoms with van der Waals surface area (Å²) in [5, 5.41) is 11.6. The second kappa shape index (κ2) is 5.39. The zero-order valence-corrected chi connectivity index (χ0v) is 9.73. The minimum Gasteiger partial charge on any atom is -0.480 e. The summed E-state index contributed by atoms with van der Waals surface area (Å²) in [5.41, 5.74) is -0.948. The molecule has 0 bridgehead atoms. The number of carboxylic acids is 1. The lowest BCUT2D eigenvalue weighted by molar-refractivity contribution is -0.151. The van der Waals surface area contributed by atoms with Gasteiger partial charge in [0.25, 0.3) is 0 Å². The molecule has 0 aromatic rings. The van der Waals surface area contributed by atoms with Gasteiger partial charge in [0.05, 0.1) is 0 Å². The molecule has 15 heavy (non-hydrogen) atoms. The van der Waals surface area contributed by atoms with Crippen LogP contribution in [-0.2, 0) is 9.59 Å². The normalized spacial score (nSPS) is 17.9. The van der Waals surface area contributed by atoms with Gasteiger partial charge in [0, 0.05) is 6.42 Å². The number of thioether (sulfide) groups is 1. The molecule has 1 rings (SSSR count). The SMILES string of the molecule is CSCCCC(=O)NC1(C(=O)O)CCC1. The van der Waals surface area contributed by atoms with Crippen LogP contribution in [0.2, 0.25) is 0 Å². The van der Waals surface area contributed by atoms with Crippen LogP contribution in [0.4, 0.5) is 0 Å². The van der Waals surface area contributed by atoms with E-state index < -0.39 is 11.5 Å². The van der Waals surface area contributed by atoms with Crippen LogP contribution in [0.5, 0.6) is 0 Å². The van der Waals surface area contributed by atoms with Crippen molar-refractivity contribution in [2.75, 3.05) is 12.0 Å². The number of aliphatic carboxylic acids is 1. The third-order valence-electron chi connectivity index (χ3n) is 2.75. The topological polar surface area (TPSA) is 66.4 Å². The molecule has 0 spiro atoms. The molecule has 0 saturated heterocycles. The van der Waals surface area contributed by atoms with Crippen molar-refractivity contribution in [3.63, 3.8) is 0 Å². The van der Waals surface area contributed by atoms with E-state index >= 15 is 0 Å². The van der Waals surface area contributed by atoms with Crippen molar-refractivity contribution < 1.29 is 14.7 Å². The summed E-state index contributed by atoms with van der Waals surface area (Å²) in [7, 11) is 0. The molecule has 86 valence electrons. The highest BCUT2D eigenvalue weighted by Crippen LogP contribution is 2.32. The Bertz CT molecular complexity index is 251. The van der Waals surface area contributed by atoms with Crippen LogP contribution >= 0.6 is 11.8 Å². The lowest BCUT2D eigenvalue weighted by Crippen LogP contribution is -2.59. The van der Waals surface area contributed by atoms with Crippen LogP contribution in [0.3, 0.4) is 0 Å². The lowest BCUT2D eigenvalue weighted by atomic mass is 9.76. The predicted octanol–water partition coefficient (Wildman–Crippen LogP) is 1.25. The lowest BCUT2D eigenvalue weighted by Gasteiger charge is -2.38. The summed E-state index contributed by atoms with van der Waals surface area (Å²) in [6.07, 6.45) is 5.24. The standard InChI is InChI=1S/C10H17NO3S/c1-15-7-2-4-8(12)11-10(9(13)14)5-3-6-10/h2-7H2,1H3,(H,11,12)(H,13,14). The van der Waals surface area contributed by atoms with Gasteiger partial charge in [0.1, 0.15) is 5.54 Å². The molecule has 0 heterocycles. The van der Waals surface area contributed by atoms with Gasteiger partial charge >= 0.3 is 5.97 Å². The second-order valence-corrected chi connectivity index (χ2v) is 4.87. The first-order chi connectivity index (χ1) is 7.10. The number of carbonyl (C=O) groups excluding carboxylic acids is 1. The molecule has 0 radical (unpaired) electrons. The van der Waals surface area contributed by atoms with Crippen molar-refractivity contribution in [2.45, 2.75) is 37.6 Å².